The molecule has 102 valence electrons. The van der Waals surface area contributed by atoms with E-state index in [-0.39, 0.29) is 4.90 Å². The Kier molecular flexibility index (Phi) is 3.59. The van der Waals surface area contributed by atoms with Crippen LogP contribution in [0, 0.1) is 0 Å². The van der Waals surface area contributed by atoms with Crippen LogP contribution in [0.3, 0.4) is 0 Å². The molecular formula is C12H15N3O3S. The molecule has 0 bridgehead atoms. The average molecular weight is 281 g/mol. The molecule has 1 aromatic heterocycles. The maximum absolute atomic E-state index is 12.1. The summed E-state index contributed by atoms with van der Waals surface area (Å²) in [6.07, 6.45) is 2.38. The quantitative estimate of drug-likeness (QED) is 0.884. The minimum absolute atomic E-state index is 0.140. The van der Waals surface area contributed by atoms with E-state index in [1.54, 1.807) is 32.3 Å². The van der Waals surface area contributed by atoms with Gasteiger partial charge in [0.15, 0.2) is 0 Å². The summed E-state index contributed by atoms with van der Waals surface area (Å²) in [5.74, 6) is 0. The van der Waals surface area contributed by atoms with Gasteiger partial charge in [0.05, 0.1) is 22.9 Å². The molecule has 0 saturated heterocycles. The molecule has 1 aromatic carbocycles. The molecule has 1 heterocycles. The Morgan fingerprint density at radius 3 is 2.42 bits per heavy atom. The second kappa shape index (κ2) is 5.02. The predicted octanol–water partition coefficient (Wildman–Crippen LogP) is 1.27. The average Bonchev–Trinajstić information content (AvgIpc) is 2.74. The van der Waals surface area contributed by atoms with Crippen molar-refractivity contribution in [2.24, 2.45) is 7.05 Å². The van der Waals surface area contributed by atoms with Crippen LogP contribution < -0.4 is 4.72 Å². The van der Waals surface area contributed by atoms with Gasteiger partial charge in [0.2, 0.25) is 0 Å². The lowest BCUT2D eigenvalue weighted by Crippen LogP contribution is -2.12. The van der Waals surface area contributed by atoms with Gasteiger partial charge in [-0.2, -0.15) is 5.10 Å². The summed E-state index contributed by atoms with van der Waals surface area (Å²) >= 11 is 0. The van der Waals surface area contributed by atoms with Crippen molar-refractivity contribution < 1.29 is 13.5 Å². The van der Waals surface area contributed by atoms with Crippen molar-refractivity contribution in [3.05, 3.63) is 42.2 Å². The Hall–Kier alpha value is -1.86. The lowest BCUT2D eigenvalue weighted by Gasteiger charge is -2.08. The number of sulfonamides is 1. The first-order valence-electron chi connectivity index (χ1n) is 5.68. The van der Waals surface area contributed by atoms with Crippen LogP contribution in [0.15, 0.2) is 41.6 Å². The summed E-state index contributed by atoms with van der Waals surface area (Å²) in [6.45, 7) is 1.62. The summed E-state index contributed by atoms with van der Waals surface area (Å²) in [6, 6.07) is 6.09. The fourth-order valence-electron chi connectivity index (χ4n) is 1.61. The maximum Gasteiger partial charge on any atom is 0.261 e. The van der Waals surface area contributed by atoms with E-state index >= 15 is 0 Å². The minimum Gasteiger partial charge on any atom is -0.389 e. The summed E-state index contributed by atoms with van der Waals surface area (Å²) in [5.41, 5.74) is 1.07. The number of nitrogens with one attached hydrogen (secondary N) is 1. The van der Waals surface area contributed by atoms with E-state index in [1.165, 1.54) is 23.0 Å². The second-order valence-electron chi connectivity index (χ2n) is 4.25. The van der Waals surface area contributed by atoms with Gasteiger partial charge in [-0.05, 0) is 24.6 Å². The molecular weight excluding hydrogens is 266 g/mol. The van der Waals surface area contributed by atoms with Crippen LogP contribution in [-0.4, -0.2) is 23.3 Å². The Morgan fingerprint density at radius 1 is 1.32 bits per heavy atom. The van der Waals surface area contributed by atoms with Gasteiger partial charge >= 0.3 is 0 Å². The molecule has 0 saturated carbocycles. The molecule has 2 aromatic rings. The zero-order valence-corrected chi connectivity index (χ0v) is 11.4. The van der Waals surface area contributed by atoms with E-state index in [9.17, 15) is 13.5 Å². The maximum atomic E-state index is 12.1. The molecule has 0 amide bonds. The molecule has 6 nitrogen and oxygen atoms in total. The van der Waals surface area contributed by atoms with Crippen LogP contribution in [0.1, 0.15) is 18.6 Å². The zero-order chi connectivity index (χ0) is 14.0. The molecule has 0 aliphatic rings. The standard InChI is InChI=1S/C12H15N3O3S/c1-9(16)10-3-5-12(6-4-10)19(17,18)14-11-7-13-15(2)8-11/h3-9,14,16H,1-2H3. The van der Waals surface area contributed by atoms with E-state index in [0.29, 0.717) is 11.3 Å². The number of benzene rings is 1. The Labute approximate surface area is 111 Å². The predicted molar refractivity (Wildman–Crippen MR) is 71.1 cm³/mol. The summed E-state index contributed by atoms with van der Waals surface area (Å²) in [4.78, 5) is 0.140. The monoisotopic (exact) mass is 281 g/mol. The van der Waals surface area contributed by atoms with Crippen molar-refractivity contribution in [2.75, 3.05) is 4.72 Å². The molecule has 1 atom stereocenters. The van der Waals surface area contributed by atoms with Gasteiger partial charge in [0, 0.05) is 13.2 Å². The third-order valence-corrected chi connectivity index (χ3v) is 4.03. The fraction of sp³-hybridized carbons (Fsp3) is 0.250. The van der Waals surface area contributed by atoms with Crippen LogP contribution in [0.2, 0.25) is 0 Å². The highest BCUT2D eigenvalue weighted by Crippen LogP contribution is 2.18. The lowest BCUT2D eigenvalue weighted by molar-refractivity contribution is 0.199. The number of aryl methyl sites for hydroxylation is 1. The van der Waals surface area contributed by atoms with Gasteiger partial charge in [-0.15, -0.1) is 0 Å². The number of aromatic nitrogens is 2. The number of aliphatic hydroxyl groups excluding tert-OH is 1. The van der Waals surface area contributed by atoms with Crippen molar-refractivity contribution in [3.63, 3.8) is 0 Å². The van der Waals surface area contributed by atoms with Gasteiger partial charge in [0.1, 0.15) is 0 Å². The third-order valence-electron chi connectivity index (χ3n) is 2.63. The van der Waals surface area contributed by atoms with Crippen molar-refractivity contribution in [1.29, 1.82) is 0 Å². The van der Waals surface area contributed by atoms with Crippen LogP contribution in [0.25, 0.3) is 0 Å². The molecule has 0 aliphatic carbocycles. The van der Waals surface area contributed by atoms with Gasteiger partial charge in [-0.25, -0.2) is 8.42 Å². The fourth-order valence-corrected chi connectivity index (χ4v) is 2.64. The van der Waals surface area contributed by atoms with Gasteiger partial charge in [0.25, 0.3) is 10.0 Å². The molecule has 0 fully saturated rings. The highest BCUT2D eigenvalue weighted by molar-refractivity contribution is 7.92. The normalized spacial score (nSPS) is 13.2. The van der Waals surface area contributed by atoms with Crippen molar-refractivity contribution >= 4 is 15.7 Å². The molecule has 0 spiro atoms. The van der Waals surface area contributed by atoms with E-state index in [1.807, 2.05) is 0 Å². The number of rotatable bonds is 4. The largest absolute Gasteiger partial charge is 0.389 e. The number of anilines is 1. The summed E-state index contributed by atoms with van der Waals surface area (Å²) in [7, 11) is -1.92. The second-order valence-corrected chi connectivity index (χ2v) is 5.94. The Balaban J connectivity index is 2.24. The first-order valence-corrected chi connectivity index (χ1v) is 7.16. The first-order chi connectivity index (χ1) is 8.88. The van der Waals surface area contributed by atoms with E-state index in [0.717, 1.165) is 0 Å². The molecule has 19 heavy (non-hydrogen) atoms. The SMILES string of the molecule is CC(O)c1ccc(S(=O)(=O)Nc2cnn(C)c2)cc1. The van der Waals surface area contributed by atoms with E-state index in [4.69, 9.17) is 0 Å². The molecule has 7 heteroatoms. The van der Waals surface area contributed by atoms with Crippen LogP contribution >= 0.6 is 0 Å². The van der Waals surface area contributed by atoms with E-state index in [2.05, 4.69) is 9.82 Å². The van der Waals surface area contributed by atoms with Crippen LogP contribution in [0.4, 0.5) is 5.69 Å². The molecule has 2 N–H and O–H groups in total. The molecule has 2 rings (SSSR count). The summed E-state index contributed by atoms with van der Waals surface area (Å²) < 4.78 is 28.1. The highest BCUT2D eigenvalue weighted by atomic mass is 32.2. The van der Waals surface area contributed by atoms with Gasteiger partial charge in [-0.1, -0.05) is 12.1 Å². The minimum atomic E-state index is -3.63. The topological polar surface area (TPSA) is 84.2 Å². The number of hydrogen-bond donors (Lipinski definition) is 2. The number of aliphatic hydroxyl groups is 1. The molecule has 0 aliphatic heterocycles. The highest BCUT2D eigenvalue weighted by Gasteiger charge is 2.15. The van der Waals surface area contributed by atoms with Crippen molar-refractivity contribution in [2.45, 2.75) is 17.9 Å². The van der Waals surface area contributed by atoms with E-state index < -0.39 is 16.1 Å². The van der Waals surface area contributed by atoms with Crippen molar-refractivity contribution in [3.8, 4) is 0 Å². The molecule has 1 unspecified atom stereocenters. The van der Waals surface area contributed by atoms with Crippen LogP contribution in [-0.2, 0) is 17.1 Å². The first kappa shape index (κ1) is 13.6. The number of nitrogens with zero attached hydrogens (tertiary/aromatic N) is 2. The van der Waals surface area contributed by atoms with Gasteiger partial charge < -0.3 is 5.11 Å². The lowest BCUT2D eigenvalue weighted by atomic mass is 10.1. The Bertz CT molecular complexity index is 660. The Morgan fingerprint density at radius 2 is 1.95 bits per heavy atom. The van der Waals surface area contributed by atoms with Crippen LogP contribution in [0.5, 0.6) is 0 Å². The number of hydrogen-bond acceptors (Lipinski definition) is 4. The van der Waals surface area contributed by atoms with Crippen molar-refractivity contribution in [1.82, 2.24) is 9.78 Å². The molecule has 0 radical (unpaired) electrons. The third kappa shape index (κ3) is 3.12. The smallest absolute Gasteiger partial charge is 0.261 e. The summed E-state index contributed by atoms with van der Waals surface area (Å²) in [5, 5.41) is 13.3. The zero-order valence-electron chi connectivity index (χ0n) is 10.6. The van der Waals surface area contributed by atoms with Gasteiger partial charge in [-0.3, -0.25) is 9.40 Å².